The van der Waals surface area contributed by atoms with Gasteiger partial charge in [-0.25, -0.2) is 0 Å². The molecule has 0 fully saturated rings. The molecule has 70 valence electrons. The lowest BCUT2D eigenvalue weighted by Crippen LogP contribution is -1.83. The molecule has 1 aromatic heterocycles. The van der Waals surface area contributed by atoms with Crippen LogP contribution in [0.4, 0.5) is 5.69 Å². The molecule has 0 radical (unpaired) electrons. The molecule has 1 heterocycles. The quantitative estimate of drug-likeness (QED) is 0.697. The van der Waals surface area contributed by atoms with E-state index in [0.29, 0.717) is 0 Å². The van der Waals surface area contributed by atoms with Gasteiger partial charge in [-0.3, -0.25) is 4.98 Å². The second kappa shape index (κ2) is 4.79. The molecule has 0 aliphatic carbocycles. The van der Waals surface area contributed by atoms with Gasteiger partial charge in [0.2, 0.25) is 0 Å². The summed E-state index contributed by atoms with van der Waals surface area (Å²) < 4.78 is 0. The summed E-state index contributed by atoms with van der Waals surface area (Å²) in [6.45, 7) is 0. The zero-order chi connectivity index (χ0) is 7.68. The van der Waals surface area contributed by atoms with E-state index < -0.39 is 0 Å². The first-order chi connectivity index (χ1) is 5.36. The number of pyridine rings is 1. The maximum Gasteiger partial charge on any atom is 0.0346 e. The maximum atomic E-state index is 5.60. The van der Waals surface area contributed by atoms with Crippen LogP contribution in [0.15, 0.2) is 36.7 Å². The average Bonchev–Trinajstić information content (AvgIpc) is 2.04. The smallest absolute Gasteiger partial charge is 0.0346 e. The van der Waals surface area contributed by atoms with Crippen molar-refractivity contribution in [1.29, 1.82) is 0 Å². The second-order valence-corrected chi connectivity index (χ2v) is 2.48. The van der Waals surface area contributed by atoms with Crippen molar-refractivity contribution in [3.05, 3.63) is 36.7 Å². The highest BCUT2D eigenvalue weighted by Gasteiger charge is 1.90. The Kier molecular flexibility index (Phi) is 4.37. The zero-order valence-corrected chi connectivity index (χ0v) is 8.82. The lowest BCUT2D eigenvalue weighted by molar-refractivity contribution is 1.36. The fourth-order valence-corrected chi connectivity index (χ4v) is 1.10. The topological polar surface area (TPSA) is 73.9 Å². The van der Waals surface area contributed by atoms with Crippen LogP contribution in [0.3, 0.4) is 0 Å². The van der Waals surface area contributed by atoms with E-state index in [4.69, 9.17) is 5.73 Å². The number of rotatable bonds is 0. The van der Waals surface area contributed by atoms with Crippen LogP contribution in [0.1, 0.15) is 0 Å². The lowest BCUT2D eigenvalue weighted by Gasteiger charge is -1.96. The van der Waals surface area contributed by atoms with Crippen molar-refractivity contribution in [3.63, 3.8) is 0 Å². The molecule has 2 aromatic rings. The number of nitrogens with zero attached hydrogens (tertiary/aromatic N) is 1. The number of nitrogen functional groups attached to an aromatic ring is 1. The summed E-state index contributed by atoms with van der Waals surface area (Å²) in [6.07, 6.45) is 3.59. The summed E-state index contributed by atoms with van der Waals surface area (Å²) in [7, 11) is 0. The van der Waals surface area contributed by atoms with Crippen molar-refractivity contribution in [2.45, 2.75) is 0 Å². The number of halogens is 1. The summed E-state index contributed by atoms with van der Waals surface area (Å²) >= 11 is 0. The molecule has 0 bridgehead atoms. The van der Waals surface area contributed by atoms with Crippen LogP contribution < -0.4 is 11.9 Å². The number of aromatic nitrogens is 1. The number of anilines is 1. The van der Waals surface area contributed by atoms with Crippen LogP contribution in [0.2, 0.25) is 0 Å². The van der Waals surface area contributed by atoms with E-state index in [-0.39, 0.29) is 23.1 Å². The van der Waals surface area contributed by atoms with Gasteiger partial charge in [-0.1, -0.05) is 6.07 Å². The Balaban J connectivity index is 0.000000720. The van der Waals surface area contributed by atoms with Crippen LogP contribution in [-0.4, -0.2) is 4.98 Å². The Hall–Kier alpha value is -1.13. The Morgan fingerprint density at radius 3 is 2.62 bits per heavy atom. The number of nitrogens with two attached hydrogens (primary N) is 1. The summed E-state index contributed by atoms with van der Waals surface area (Å²) in [5.41, 5.74) is 6.40. The molecular weight excluding hydrogens is 230 g/mol. The van der Waals surface area contributed by atoms with Crippen molar-refractivity contribution >= 4 is 33.4 Å². The predicted molar refractivity (Wildman–Crippen MR) is 61.5 cm³/mol. The lowest BCUT2D eigenvalue weighted by atomic mass is 10.2. The summed E-state index contributed by atoms with van der Waals surface area (Å²) in [4.78, 5) is 4.00. The Morgan fingerprint density at radius 1 is 1.08 bits per heavy atom. The first-order valence-corrected chi connectivity index (χ1v) is 3.45. The van der Waals surface area contributed by atoms with E-state index in [1.165, 1.54) is 0 Å². The van der Waals surface area contributed by atoms with E-state index >= 15 is 0 Å². The summed E-state index contributed by atoms with van der Waals surface area (Å²) in [5, 5.41) is 2.27. The molecule has 0 amide bonds. The van der Waals surface area contributed by atoms with Gasteiger partial charge in [-0.15, -0.1) is 17.0 Å². The van der Waals surface area contributed by atoms with E-state index in [9.17, 15) is 0 Å². The molecule has 3 nitrogen and oxygen atoms in total. The Morgan fingerprint density at radius 2 is 1.85 bits per heavy atom. The first kappa shape index (κ1) is 11.9. The second-order valence-electron chi connectivity index (χ2n) is 2.48. The van der Waals surface area contributed by atoms with Crippen LogP contribution in [-0.2, 0) is 0 Å². The van der Waals surface area contributed by atoms with Crippen LogP contribution >= 0.6 is 17.0 Å². The third kappa shape index (κ3) is 2.40. The Bertz CT molecular complexity index is 389. The fraction of sp³-hybridized carbons (Fsp3) is 0. The van der Waals surface area contributed by atoms with Crippen LogP contribution in [0.5, 0.6) is 0 Å². The minimum Gasteiger partial charge on any atom is -0.399 e. The monoisotopic (exact) mass is 241 g/mol. The molecule has 1 aromatic carbocycles. The van der Waals surface area contributed by atoms with E-state index in [1.807, 2.05) is 30.5 Å². The molecule has 0 aliphatic heterocycles. The molecule has 0 spiro atoms. The number of hydrogen-bond donors (Lipinski definition) is 2. The van der Waals surface area contributed by atoms with Gasteiger partial charge >= 0.3 is 0 Å². The molecule has 0 aliphatic rings. The molecule has 0 saturated heterocycles. The number of fused-ring (bicyclic) bond motifs is 1. The molecule has 13 heavy (non-hydrogen) atoms. The largest absolute Gasteiger partial charge is 0.399 e. The van der Waals surface area contributed by atoms with E-state index in [1.54, 1.807) is 6.20 Å². The van der Waals surface area contributed by atoms with Gasteiger partial charge in [0, 0.05) is 23.5 Å². The maximum absolute atomic E-state index is 5.60. The number of benzene rings is 1. The summed E-state index contributed by atoms with van der Waals surface area (Å²) in [5.74, 6) is 0. The third-order valence-electron chi connectivity index (χ3n) is 1.66. The number of hydrogen-bond acceptors (Lipinski definition) is 3. The van der Waals surface area contributed by atoms with Crippen LogP contribution in [0.25, 0.3) is 10.8 Å². The molecular formula is C9H12BrN3. The van der Waals surface area contributed by atoms with Gasteiger partial charge in [0.05, 0.1) is 0 Å². The Labute approximate surface area is 87.3 Å². The fourth-order valence-electron chi connectivity index (χ4n) is 1.10. The SMILES string of the molecule is Br.N.Nc1ccc2cnccc2c1. The van der Waals surface area contributed by atoms with Gasteiger partial charge in [0.25, 0.3) is 0 Å². The highest BCUT2D eigenvalue weighted by atomic mass is 79.9. The molecule has 5 N–H and O–H groups in total. The molecule has 4 heteroatoms. The van der Waals surface area contributed by atoms with Crippen molar-refractivity contribution < 1.29 is 0 Å². The van der Waals surface area contributed by atoms with Crippen LogP contribution in [0, 0.1) is 0 Å². The van der Waals surface area contributed by atoms with Gasteiger partial charge in [-0.05, 0) is 23.6 Å². The van der Waals surface area contributed by atoms with Crippen molar-refractivity contribution in [2.24, 2.45) is 0 Å². The molecule has 2 rings (SSSR count). The first-order valence-electron chi connectivity index (χ1n) is 3.45. The van der Waals surface area contributed by atoms with E-state index in [2.05, 4.69) is 4.98 Å². The average molecular weight is 242 g/mol. The normalized spacial score (nSPS) is 8.62. The highest BCUT2D eigenvalue weighted by molar-refractivity contribution is 8.93. The van der Waals surface area contributed by atoms with Crippen molar-refractivity contribution in [2.75, 3.05) is 5.73 Å². The van der Waals surface area contributed by atoms with Gasteiger partial charge in [0.15, 0.2) is 0 Å². The molecule has 0 saturated carbocycles. The predicted octanol–water partition coefficient (Wildman–Crippen LogP) is 2.56. The van der Waals surface area contributed by atoms with Gasteiger partial charge in [-0.2, -0.15) is 0 Å². The summed E-state index contributed by atoms with van der Waals surface area (Å²) in [6, 6.07) is 7.74. The third-order valence-corrected chi connectivity index (χ3v) is 1.66. The van der Waals surface area contributed by atoms with E-state index in [0.717, 1.165) is 16.5 Å². The minimum atomic E-state index is 0. The molecule has 0 atom stereocenters. The van der Waals surface area contributed by atoms with Crippen molar-refractivity contribution in [3.8, 4) is 0 Å². The minimum absolute atomic E-state index is 0. The van der Waals surface area contributed by atoms with Gasteiger partial charge < -0.3 is 11.9 Å². The van der Waals surface area contributed by atoms with Crippen molar-refractivity contribution in [1.82, 2.24) is 11.1 Å². The standard InChI is InChI=1S/C9H8N2.BrH.H3N/c10-9-2-1-8-6-11-4-3-7(8)5-9;;/h1-6H,10H2;1H;1H3. The zero-order valence-electron chi connectivity index (χ0n) is 7.10. The molecule has 0 unspecified atom stereocenters. The highest BCUT2D eigenvalue weighted by Crippen LogP contribution is 2.14. The van der Waals surface area contributed by atoms with Gasteiger partial charge in [0.1, 0.15) is 0 Å².